The minimum atomic E-state index is -4.07. The van der Waals surface area contributed by atoms with Crippen LogP contribution < -0.4 is 19.1 Å². The highest BCUT2D eigenvalue weighted by Gasteiger charge is 2.28. The normalized spacial score (nSPS) is 15.0. The molecule has 1 aliphatic heterocycles. The number of hydrogen-bond acceptors (Lipinski definition) is 5. The van der Waals surface area contributed by atoms with Crippen molar-refractivity contribution in [3.63, 3.8) is 0 Å². The lowest BCUT2D eigenvalue weighted by Gasteiger charge is -2.27. The number of fused-ring (bicyclic) bond motifs is 1. The summed E-state index contributed by atoms with van der Waals surface area (Å²) in [5.74, 6) is 0.174. The summed E-state index contributed by atoms with van der Waals surface area (Å²) in [6.45, 7) is 1.75. The van der Waals surface area contributed by atoms with E-state index in [4.69, 9.17) is 9.47 Å². The van der Waals surface area contributed by atoms with Crippen molar-refractivity contribution in [3.05, 3.63) is 84.2 Å². The molecule has 1 N–H and O–H groups in total. The Bertz CT molecular complexity index is 1230. The van der Waals surface area contributed by atoms with Crippen LogP contribution in [0.15, 0.2) is 77.7 Å². The summed E-state index contributed by atoms with van der Waals surface area (Å²) in [6, 6.07) is 18.5. The maximum Gasteiger partial charge on any atom is 0.264 e. The number of benzene rings is 3. The van der Waals surface area contributed by atoms with Crippen molar-refractivity contribution in [1.29, 1.82) is 0 Å². The molecule has 3 aromatic carbocycles. The van der Waals surface area contributed by atoms with E-state index < -0.39 is 34.4 Å². The van der Waals surface area contributed by atoms with Gasteiger partial charge in [0.15, 0.2) is 11.5 Å². The van der Waals surface area contributed by atoms with Gasteiger partial charge in [-0.25, -0.2) is 12.8 Å². The molecular formula is C24H23FN2O5S. The Morgan fingerprint density at radius 3 is 2.39 bits per heavy atom. The zero-order valence-corrected chi connectivity index (χ0v) is 18.7. The standard InChI is InChI=1S/C24H23FN2O5S/c1-17-6-12-21(13-7-17)33(29,30)27(19-10-8-18(25)9-11-19)15-24(28)26-14-20-16-31-22-4-2-3-5-23(22)32-20/h2-13,20H,14-16H2,1H3,(H,26,28). The lowest BCUT2D eigenvalue weighted by atomic mass is 10.2. The molecule has 0 saturated heterocycles. The molecule has 7 nitrogen and oxygen atoms in total. The number of sulfonamides is 1. The van der Waals surface area contributed by atoms with Crippen molar-refractivity contribution in [1.82, 2.24) is 5.32 Å². The third kappa shape index (κ3) is 5.25. The van der Waals surface area contributed by atoms with Gasteiger partial charge in [0.05, 0.1) is 17.1 Å². The van der Waals surface area contributed by atoms with E-state index in [0.29, 0.717) is 11.5 Å². The number of amides is 1. The predicted molar refractivity (Wildman–Crippen MR) is 121 cm³/mol. The third-order valence-electron chi connectivity index (χ3n) is 5.11. The molecule has 0 aromatic heterocycles. The van der Waals surface area contributed by atoms with Gasteiger partial charge in [-0.3, -0.25) is 9.10 Å². The number of carbonyl (C=O) groups excluding carboxylic acids is 1. The van der Waals surface area contributed by atoms with Crippen LogP contribution in [0.25, 0.3) is 0 Å². The Morgan fingerprint density at radius 2 is 1.70 bits per heavy atom. The Balaban J connectivity index is 1.49. The number of aryl methyl sites for hydroxylation is 1. The van der Waals surface area contributed by atoms with Gasteiger partial charge >= 0.3 is 0 Å². The molecule has 0 fully saturated rings. The fourth-order valence-electron chi connectivity index (χ4n) is 3.34. The van der Waals surface area contributed by atoms with Gasteiger partial charge in [-0.05, 0) is 55.5 Å². The number of rotatable bonds is 7. The second kappa shape index (κ2) is 9.50. The van der Waals surface area contributed by atoms with E-state index in [-0.39, 0.29) is 23.7 Å². The van der Waals surface area contributed by atoms with E-state index in [1.807, 2.05) is 19.1 Å². The molecule has 9 heteroatoms. The van der Waals surface area contributed by atoms with E-state index in [2.05, 4.69) is 5.32 Å². The molecule has 33 heavy (non-hydrogen) atoms. The van der Waals surface area contributed by atoms with Crippen molar-refractivity contribution in [2.24, 2.45) is 0 Å². The lowest BCUT2D eigenvalue weighted by Crippen LogP contribution is -2.45. The monoisotopic (exact) mass is 470 g/mol. The van der Waals surface area contributed by atoms with Crippen molar-refractivity contribution in [2.75, 3.05) is 24.0 Å². The smallest absolute Gasteiger partial charge is 0.264 e. The minimum Gasteiger partial charge on any atom is -0.486 e. The molecule has 172 valence electrons. The molecule has 0 saturated carbocycles. The average molecular weight is 471 g/mol. The highest BCUT2D eigenvalue weighted by atomic mass is 32.2. The topological polar surface area (TPSA) is 84.9 Å². The zero-order valence-electron chi connectivity index (χ0n) is 17.9. The third-order valence-corrected chi connectivity index (χ3v) is 6.89. The first-order valence-corrected chi connectivity index (χ1v) is 11.8. The Hall–Kier alpha value is -3.59. The van der Waals surface area contributed by atoms with Crippen molar-refractivity contribution in [3.8, 4) is 11.5 Å². The summed E-state index contributed by atoms with van der Waals surface area (Å²) in [5, 5.41) is 2.70. The minimum absolute atomic E-state index is 0.0332. The summed E-state index contributed by atoms with van der Waals surface area (Å²) in [7, 11) is -4.07. The molecule has 4 rings (SSSR count). The summed E-state index contributed by atoms with van der Waals surface area (Å²) in [4.78, 5) is 12.8. The van der Waals surface area contributed by atoms with Crippen LogP contribution in [0.1, 0.15) is 5.56 Å². The summed E-state index contributed by atoms with van der Waals surface area (Å²) in [5.41, 5.74) is 1.08. The Morgan fingerprint density at radius 1 is 1.03 bits per heavy atom. The van der Waals surface area contributed by atoms with Gasteiger partial charge in [-0.2, -0.15) is 0 Å². The number of ether oxygens (including phenoxy) is 2. The van der Waals surface area contributed by atoms with Crippen molar-refractivity contribution < 1.29 is 27.1 Å². The van der Waals surface area contributed by atoms with E-state index in [0.717, 1.165) is 22.0 Å². The van der Waals surface area contributed by atoms with E-state index in [1.165, 1.54) is 24.3 Å². The predicted octanol–water partition coefficient (Wildman–Crippen LogP) is 3.29. The molecule has 0 aliphatic carbocycles. The number of para-hydroxylation sites is 2. The molecular weight excluding hydrogens is 447 g/mol. The van der Waals surface area contributed by atoms with Crippen molar-refractivity contribution >= 4 is 21.6 Å². The average Bonchev–Trinajstić information content (AvgIpc) is 2.82. The highest BCUT2D eigenvalue weighted by molar-refractivity contribution is 7.92. The van der Waals surface area contributed by atoms with Gasteiger partial charge in [0, 0.05) is 0 Å². The zero-order chi connectivity index (χ0) is 23.4. The largest absolute Gasteiger partial charge is 0.486 e. The molecule has 1 aliphatic rings. The Labute approximate surface area is 191 Å². The van der Waals surface area contributed by atoms with Crippen molar-refractivity contribution in [2.45, 2.75) is 17.9 Å². The van der Waals surface area contributed by atoms with E-state index in [9.17, 15) is 17.6 Å². The first-order valence-electron chi connectivity index (χ1n) is 10.3. The van der Waals surface area contributed by atoms with Crippen LogP contribution in [0.2, 0.25) is 0 Å². The van der Waals surface area contributed by atoms with Gasteiger partial charge in [0.2, 0.25) is 5.91 Å². The first-order chi connectivity index (χ1) is 15.8. The molecule has 1 heterocycles. The quantitative estimate of drug-likeness (QED) is 0.573. The van der Waals surface area contributed by atoms with E-state index >= 15 is 0 Å². The maximum absolute atomic E-state index is 13.4. The second-order valence-corrected chi connectivity index (χ2v) is 9.47. The van der Waals surface area contributed by atoms with Gasteiger partial charge < -0.3 is 14.8 Å². The SMILES string of the molecule is Cc1ccc(S(=O)(=O)N(CC(=O)NCC2COc3ccccc3O2)c2ccc(F)cc2)cc1. The number of nitrogens with zero attached hydrogens (tertiary/aromatic N) is 1. The van der Waals surface area contributed by atoms with Crippen LogP contribution in [0.5, 0.6) is 11.5 Å². The Kier molecular flexibility index (Phi) is 6.50. The van der Waals surface area contributed by atoms with Crippen LogP contribution in [0.4, 0.5) is 10.1 Å². The fraction of sp³-hybridized carbons (Fsp3) is 0.208. The van der Waals surface area contributed by atoms with Crippen LogP contribution in [-0.4, -0.2) is 40.1 Å². The van der Waals surface area contributed by atoms with E-state index in [1.54, 1.807) is 24.3 Å². The molecule has 0 radical (unpaired) electrons. The molecule has 0 bridgehead atoms. The van der Waals surface area contributed by atoms with Gasteiger partial charge in [0.25, 0.3) is 10.0 Å². The summed E-state index contributed by atoms with van der Waals surface area (Å²) >= 11 is 0. The highest BCUT2D eigenvalue weighted by Crippen LogP contribution is 2.30. The first kappa shape index (κ1) is 22.6. The number of nitrogens with one attached hydrogen (secondary N) is 1. The number of anilines is 1. The number of hydrogen-bond donors (Lipinski definition) is 1. The maximum atomic E-state index is 13.4. The molecule has 1 amide bonds. The molecule has 1 unspecified atom stereocenters. The lowest BCUT2D eigenvalue weighted by molar-refractivity contribution is -0.120. The summed E-state index contributed by atoms with van der Waals surface area (Å²) in [6.07, 6.45) is -0.420. The number of halogens is 1. The molecule has 0 spiro atoms. The van der Waals surface area contributed by atoms with Crippen LogP contribution in [0.3, 0.4) is 0 Å². The fourth-order valence-corrected chi connectivity index (χ4v) is 4.76. The van der Waals surface area contributed by atoms with Gasteiger partial charge in [-0.1, -0.05) is 29.8 Å². The summed E-state index contributed by atoms with van der Waals surface area (Å²) < 4.78 is 52.5. The van der Waals surface area contributed by atoms with Crippen LogP contribution in [-0.2, 0) is 14.8 Å². The van der Waals surface area contributed by atoms with Crippen LogP contribution in [0, 0.1) is 12.7 Å². The van der Waals surface area contributed by atoms with Crippen LogP contribution >= 0.6 is 0 Å². The molecule has 1 atom stereocenters. The second-order valence-electron chi connectivity index (χ2n) is 7.60. The molecule has 3 aromatic rings. The number of carbonyl (C=O) groups is 1. The van der Waals surface area contributed by atoms with Gasteiger partial charge in [-0.15, -0.1) is 0 Å². The van der Waals surface area contributed by atoms with Gasteiger partial charge in [0.1, 0.15) is 25.1 Å².